The van der Waals surface area contributed by atoms with Crippen molar-refractivity contribution in [2.75, 3.05) is 0 Å². The van der Waals surface area contributed by atoms with Crippen LogP contribution in [0.3, 0.4) is 0 Å². The van der Waals surface area contributed by atoms with Crippen LogP contribution >= 0.6 is 22.7 Å². The second-order valence-electron chi connectivity index (χ2n) is 6.64. The van der Waals surface area contributed by atoms with E-state index >= 15 is 0 Å². The number of fused-ring (bicyclic) bond motifs is 2. The average Bonchev–Trinajstić information content (AvgIpc) is 3.48. The highest BCUT2D eigenvalue weighted by Crippen LogP contribution is 2.31. The van der Waals surface area contributed by atoms with Crippen LogP contribution in [0.15, 0.2) is 70.1 Å². The quantitative estimate of drug-likeness (QED) is 0.315. The molecular weight excluding hydrogens is 408 g/mol. The molecule has 1 aliphatic rings. The van der Waals surface area contributed by atoms with Crippen molar-refractivity contribution < 1.29 is 9.59 Å². The van der Waals surface area contributed by atoms with Gasteiger partial charge in [-0.3, -0.25) is 9.59 Å². The van der Waals surface area contributed by atoms with Gasteiger partial charge in [-0.25, -0.2) is 0 Å². The van der Waals surface area contributed by atoms with E-state index in [-0.39, 0.29) is 11.6 Å². The Bertz CT molecular complexity index is 1310. The molecule has 0 radical (unpaired) electrons. The highest BCUT2D eigenvalue weighted by molar-refractivity contribution is 7.08. The molecule has 0 saturated carbocycles. The number of carbonyl (C=O) groups is 2. The van der Waals surface area contributed by atoms with E-state index in [1.165, 1.54) is 0 Å². The van der Waals surface area contributed by atoms with Crippen LogP contribution in [0, 0.1) is 23.7 Å². The second kappa shape index (κ2) is 7.61. The van der Waals surface area contributed by atoms with E-state index in [2.05, 4.69) is 23.7 Å². The van der Waals surface area contributed by atoms with E-state index in [9.17, 15) is 9.59 Å². The molecule has 0 bridgehead atoms. The minimum atomic E-state index is -0.186. The number of rotatable bonds is 0. The van der Waals surface area contributed by atoms with Crippen molar-refractivity contribution in [1.29, 1.82) is 0 Å². The Labute approximate surface area is 181 Å². The summed E-state index contributed by atoms with van der Waals surface area (Å²) in [5, 5.41) is 7.80. The van der Waals surface area contributed by atoms with Crippen LogP contribution in [0.5, 0.6) is 0 Å². The van der Waals surface area contributed by atoms with Crippen molar-refractivity contribution in [3.63, 3.8) is 0 Å². The van der Waals surface area contributed by atoms with Crippen molar-refractivity contribution in [3.05, 3.63) is 115 Å². The zero-order valence-electron chi connectivity index (χ0n) is 15.6. The van der Waals surface area contributed by atoms with Crippen molar-refractivity contribution in [2.45, 2.75) is 0 Å². The summed E-state index contributed by atoms with van der Waals surface area (Å²) >= 11 is 3.13. The lowest BCUT2D eigenvalue weighted by Gasteiger charge is -2.19. The van der Waals surface area contributed by atoms with E-state index in [0.717, 1.165) is 11.1 Å². The Kier molecular flexibility index (Phi) is 4.65. The number of benzene rings is 2. The molecule has 0 saturated heterocycles. The summed E-state index contributed by atoms with van der Waals surface area (Å²) in [6, 6.07) is 14.3. The Balaban J connectivity index is 1.63. The molecule has 2 nitrogen and oxygen atoms in total. The SMILES string of the molecule is O=C1c2cccc(C#Cc3ccsc3)c2C(=O)c2cccc(C#Cc3ccsc3)c21. The normalized spacial score (nSPS) is 11.6. The van der Waals surface area contributed by atoms with Crippen LogP contribution in [-0.2, 0) is 0 Å². The van der Waals surface area contributed by atoms with Gasteiger partial charge in [0.2, 0.25) is 0 Å². The summed E-state index contributed by atoms with van der Waals surface area (Å²) in [4.78, 5) is 26.7. The van der Waals surface area contributed by atoms with Gasteiger partial charge in [-0.1, -0.05) is 47.9 Å². The minimum Gasteiger partial charge on any atom is -0.289 e. The molecule has 2 aromatic carbocycles. The molecule has 4 aromatic rings. The number of hydrogen-bond acceptors (Lipinski definition) is 4. The van der Waals surface area contributed by atoms with Gasteiger partial charge in [0, 0.05) is 55.3 Å². The molecule has 0 atom stereocenters. The first-order valence-corrected chi connectivity index (χ1v) is 11.0. The predicted molar refractivity (Wildman–Crippen MR) is 120 cm³/mol. The lowest BCUT2D eigenvalue weighted by Crippen LogP contribution is -2.23. The highest BCUT2D eigenvalue weighted by atomic mass is 32.1. The standard InChI is InChI=1S/C26H12O2S2/c27-25-21-5-1-3-19(9-7-17-11-13-29-15-17)23(21)26(28)22-6-2-4-20(24(22)25)10-8-18-12-14-30-16-18/h1-6,11-16H. The summed E-state index contributed by atoms with van der Waals surface area (Å²) in [5.41, 5.74) is 4.43. The molecule has 140 valence electrons. The van der Waals surface area contributed by atoms with Crippen LogP contribution in [-0.4, -0.2) is 11.6 Å². The zero-order chi connectivity index (χ0) is 20.5. The number of thiophene rings is 2. The van der Waals surface area contributed by atoms with Gasteiger partial charge < -0.3 is 0 Å². The second-order valence-corrected chi connectivity index (χ2v) is 8.20. The summed E-state index contributed by atoms with van der Waals surface area (Å²) in [5.74, 6) is 11.9. The van der Waals surface area contributed by atoms with Gasteiger partial charge in [-0.2, -0.15) is 22.7 Å². The number of carbonyl (C=O) groups excluding carboxylic acids is 2. The molecule has 1 aliphatic carbocycles. The van der Waals surface area contributed by atoms with Crippen molar-refractivity contribution >= 4 is 34.2 Å². The van der Waals surface area contributed by atoms with Gasteiger partial charge in [0.25, 0.3) is 0 Å². The molecule has 0 fully saturated rings. The first-order valence-electron chi connectivity index (χ1n) is 9.16. The monoisotopic (exact) mass is 420 g/mol. The topological polar surface area (TPSA) is 34.1 Å². The summed E-state index contributed by atoms with van der Waals surface area (Å²) in [6.07, 6.45) is 0. The van der Waals surface area contributed by atoms with Crippen molar-refractivity contribution in [1.82, 2.24) is 0 Å². The molecule has 5 rings (SSSR count). The van der Waals surface area contributed by atoms with Crippen LogP contribution in [0.1, 0.15) is 54.1 Å². The fourth-order valence-corrected chi connectivity index (χ4v) is 4.58. The first-order chi connectivity index (χ1) is 14.7. The smallest absolute Gasteiger partial charge is 0.195 e. The van der Waals surface area contributed by atoms with E-state index < -0.39 is 0 Å². The van der Waals surface area contributed by atoms with Gasteiger partial charge >= 0.3 is 0 Å². The number of ketones is 2. The fourth-order valence-electron chi connectivity index (χ4n) is 3.40. The van der Waals surface area contributed by atoms with Gasteiger partial charge in [0.1, 0.15) is 0 Å². The van der Waals surface area contributed by atoms with Gasteiger partial charge in [-0.15, -0.1) is 0 Å². The third-order valence-electron chi connectivity index (χ3n) is 4.80. The molecular formula is C26H12O2S2. The van der Waals surface area contributed by atoms with E-state index in [0.29, 0.717) is 33.4 Å². The average molecular weight is 421 g/mol. The minimum absolute atomic E-state index is 0.186. The van der Waals surface area contributed by atoms with E-state index in [1.54, 1.807) is 59.1 Å². The molecule has 2 aromatic heterocycles. The fraction of sp³-hybridized carbons (Fsp3) is 0. The summed E-state index contributed by atoms with van der Waals surface area (Å²) in [6.45, 7) is 0. The lowest BCUT2D eigenvalue weighted by atomic mass is 9.80. The molecule has 30 heavy (non-hydrogen) atoms. The van der Waals surface area contributed by atoms with Crippen LogP contribution in [0.4, 0.5) is 0 Å². The van der Waals surface area contributed by atoms with Crippen LogP contribution in [0.2, 0.25) is 0 Å². The summed E-state index contributed by atoms with van der Waals surface area (Å²) < 4.78 is 0. The summed E-state index contributed by atoms with van der Waals surface area (Å²) in [7, 11) is 0. The third kappa shape index (κ3) is 3.19. The Hall–Kier alpha value is -3.70. The maximum atomic E-state index is 13.4. The van der Waals surface area contributed by atoms with Gasteiger partial charge in [-0.05, 0) is 35.0 Å². The largest absolute Gasteiger partial charge is 0.289 e. The van der Waals surface area contributed by atoms with E-state index in [4.69, 9.17) is 0 Å². The molecule has 4 heteroatoms. The van der Waals surface area contributed by atoms with Gasteiger partial charge in [0.05, 0.1) is 0 Å². The maximum Gasteiger partial charge on any atom is 0.195 e. The Morgan fingerprint density at radius 1 is 0.567 bits per heavy atom. The van der Waals surface area contributed by atoms with Crippen LogP contribution < -0.4 is 0 Å². The van der Waals surface area contributed by atoms with E-state index in [1.807, 2.05) is 33.7 Å². The molecule has 2 heterocycles. The first kappa shape index (κ1) is 18.3. The molecule has 0 spiro atoms. The molecule has 0 unspecified atom stereocenters. The number of hydrogen-bond donors (Lipinski definition) is 0. The van der Waals surface area contributed by atoms with Crippen molar-refractivity contribution in [3.8, 4) is 23.7 Å². The molecule has 0 amide bonds. The van der Waals surface area contributed by atoms with Crippen molar-refractivity contribution in [2.24, 2.45) is 0 Å². The molecule has 0 aliphatic heterocycles. The maximum absolute atomic E-state index is 13.4. The highest BCUT2D eigenvalue weighted by Gasteiger charge is 2.32. The Morgan fingerprint density at radius 3 is 1.43 bits per heavy atom. The van der Waals surface area contributed by atoms with Gasteiger partial charge in [0.15, 0.2) is 11.6 Å². The molecule has 0 N–H and O–H groups in total. The predicted octanol–water partition coefficient (Wildman–Crippen LogP) is 5.38. The Morgan fingerprint density at radius 2 is 1.03 bits per heavy atom. The lowest BCUT2D eigenvalue weighted by molar-refractivity contribution is 0.0978. The third-order valence-corrected chi connectivity index (χ3v) is 6.16. The zero-order valence-corrected chi connectivity index (χ0v) is 17.2. The van der Waals surface area contributed by atoms with Crippen LogP contribution in [0.25, 0.3) is 0 Å².